The summed E-state index contributed by atoms with van der Waals surface area (Å²) in [6.07, 6.45) is 0.645. The SMILES string of the molecule is Cc1cccc(C(CC2(C)COC2)C(=O)O)c1. The average Bonchev–Trinajstić information content (AvgIpc) is 2.23. The van der Waals surface area contributed by atoms with E-state index in [4.69, 9.17) is 4.74 Å². The number of hydrogen-bond acceptors (Lipinski definition) is 2. The van der Waals surface area contributed by atoms with E-state index in [1.165, 1.54) is 0 Å². The standard InChI is InChI=1S/C14H18O3/c1-10-4-3-5-11(6-10)12(13(15)16)7-14(2)8-17-9-14/h3-6,12H,7-9H2,1-2H3,(H,15,16). The van der Waals surface area contributed by atoms with E-state index in [2.05, 4.69) is 6.92 Å². The Hall–Kier alpha value is -1.35. The zero-order chi connectivity index (χ0) is 12.5. The zero-order valence-electron chi connectivity index (χ0n) is 10.3. The summed E-state index contributed by atoms with van der Waals surface area (Å²) in [5.41, 5.74) is 2.02. The van der Waals surface area contributed by atoms with Crippen LogP contribution in [0.2, 0.25) is 0 Å². The van der Waals surface area contributed by atoms with Crippen LogP contribution in [0.3, 0.4) is 0 Å². The molecular weight excluding hydrogens is 216 g/mol. The maximum absolute atomic E-state index is 11.4. The maximum atomic E-state index is 11.4. The lowest BCUT2D eigenvalue weighted by molar-refractivity contribution is -0.145. The molecule has 1 saturated heterocycles. The van der Waals surface area contributed by atoms with Crippen molar-refractivity contribution in [3.8, 4) is 0 Å². The number of hydrogen-bond donors (Lipinski definition) is 1. The fourth-order valence-electron chi connectivity index (χ4n) is 2.30. The molecule has 0 spiro atoms. The van der Waals surface area contributed by atoms with E-state index < -0.39 is 11.9 Å². The molecule has 0 aliphatic carbocycles. The van der Waals surface area contributed by atoms with E-state index in [1.54, 1.807) is 0 Å². The second-order valence-electron chi connectivity index (χ2n) is 5.31. The Morgan fingerprint density at radius 3 is 2.71 bits per heavy atom. The van der Waals surface area contributed by atoms with Gasteiger partial charge in [-0.1, -0.05) is 36.8 Å². The van der Waals surface area contributed by atoms with Crippen molar-refractivity contribution < 1.29 is 14.6 Å². The Morgan fingerprint density at radius 1 is 1.53 bits per heavy atom. The molecule has 2 rings (SSSR count). The van der Waals surface area contributed by atoms with Gasteiger partial charge in [0.25, 0.3) is 0 Å². The molecule has 0 bridgehead atoms. The molecule has 1 heterocycles. The first-order valence-corrected chi connectivity index (χ1v) is 5.87. The molecule has 0 radical (unpaired) electrons. The molecule has 1 N–H and O–H groups in total. The van der Waals surface area contributed by atoms with Crippen LogP contribution in [0, 0.1) is 12.3 Å². The Balaban J connectivity index is 2.20. The van der Waals surface area contributed by atoms with Crippen molar-refractivity contribution in [1.29, 1.82) is 0 Å². The highest BCUT2D eigenvalue weighted by Crippen LogP contribution is 2.37. The molecule has 0 aromatic heterocycles. The third-order valence-electron chi connectivity index (χ3n) is 3.34. The number of rotatable bonds is 4. The zero-order valence-corrected chi connectivity index (χ0v) is 10.3. The van der Waals surface area contributed by atoms with Gasteiger partial charge < -0.3 is 9.84 Å². The van der Waals surface area contributed by atoms with Gasteiger partial charge in [-0.25, -0.2) is 0 Å². The topological polar surface area (TPSA) is 46.5 Å². The van der Waals surface area contributed by atoms with Gasteiger partial charge in [0.2, 0.25) is 0 Å². The van der Waals surface area contributed by atoms with Crippen LogP contribution in [0.15, 0.2) is 24.3 Å². The lowest BCUT2D eigenvalue weighted by Gasteiger charge is -2.39. The van der Waals surface area contributed by atoms with E-state index in [-0.39, 0.29) is 5.41 Å². The Kier molecular flexibility index (Phi) is 3.20. The molecule has 3 heteroatoms. The van der Waals surface area contributed by atoms with Crippen molar-refractivity contribution in [3.63, 3.8) is 0 Å². The van der Waals surface area contributed by atoms with Gasteiger partial charge in [0, 0.05) is 5.41 Å². The second-order valence-corrected chi connectivity index (χ2v) is 5.31. The lowest BCUT2D eigenvalue weighted by Crippen LogP contribution is -2.41. The van der Waals surface area contributed by atoms with Crippen molar-refractivity contribution >= 4 is 5.97 Å². The Bertz CT molecular complexity index is 421. The number of carboxylic acid groups (broad SMARTS) is 1. The molecule has 92 valence electrons. The maximum Gasteiger partial charge on any atom is 0.310 e. The number of ether oxygens (including phenoxy) is 1. The molecule has 1 unspecified atom stereocenters. The van der Waals surface area contributed by atoms with Gasteiger partial charge in [-0.3, -0.25) is 4.79 Å². The van der Waals surface area contributed by atoms with Gasteiger partial charge in [-0.2, -0.15) is 0 Å². The van der Waals surface area contributed by atoms with Gasteiger partial charge >= 0.3 is 5.97 Å². The van der Waals surface area contributed by atoms with Crippen LogP contribution in [-0.2, 0) is 9.53 Å². The third-order valence-corrected chi connectivity index (χ3v) is 3.34. The molecule has 1 fully saturated rings. The van der Waals surface area contributed by atoms with Crippen LogP contribution in [0.4, 0.5) is 0 Å². The number of benzene rings is 1. The predicted octanol–water partition coefficient (Wildman–Crippen LogP) is 2.59. The first kappa shape index (κ1) is 12.1. The minimum atomic E-state index is -0.747. The lowest BCUT2D eigenvalue weighted by atomic mass is 9.77. The largest absolute Gasteiger partial charge is 0.481 e. The second kappa shape index (κ2) is 4.49. The summed E-state index contributed by atoms with van der Waals surface area (Å²) < 4.78 is 5.19. The fourth-order valence-corrected chi connectivity index (χ4v) is 2.30. The van der Waals surface area contributed by atoms with E-state index in [9.17, 15) is 9.90 Å². The number of carboxylic acids is 1. The van der Waals surface area contributed by atoms with Gasteiger partial charge in [0.05, 0.1) is 19.1 Å². The minimum absolute atomic E-state index is 0.0206. The quantitative estimate of drug-likeness (QED) is 0.871. The van der Waals surface area contributed by atoms with E-state index >= 15 is 0 Å². The molecule has 0 saturated carbocycles. The van der Waals surface area contributed by atoms with Gasteiger partial charge in [0.15, 0.2) is 0 Å². The number of aliphatic carboxylic acids is 1. The fraction of sp³-hybridized carbons (Fsp3) is 0.500. The molecule has 3 nitrogen and oxygen atoms in total. The molecule has 17 heavy (non-hydrogen) atoms. The molecule has 1 aromatic carbocycles. The summed E-state index contributed by atoms with van der Waals surface area (Å²) in [7, 11) is 0. The predicted molar refractivity (Wildman–Crippen MR) is 65.1 cm³/mol. The van der Waals surface area contributed by atoms with Crippen molar-refractivity contribution in [2.24, 2.45) is 5.41 Å². The number of carbonyl (C=O) groups is 1. The first-order valence-electron chi connectivity index (χ1n) is 5.87. The van der Waals surface area contributed by atoms with Crippen molar-refractivity contribution in [2.45, 2.75) is 26.2 Å². The van der Waals surface area contributed by atoms with E-state index in [1.807, 2.05) is 31.2 Å². The minimum Gasteiger partial charge on any atom is -0.481 e. The molecule has 0 amide bonds. The summed E-state index contributed by atoms with van der Waals surface area (Å²) in [6.45, 7) is 5.41. The van der Waals surface area contributed by atoms with Gasteiger partial charge in [-0.05, 0) is 18.9 Å². The average molecular weight is 234 g/mol. The smallest absolute Gasteiger partial charge is 0.310 e. The summed E-state index contributed by atoms with van der Waals surface area (Å²) in [4.78, 5) is 11.4. The van der Waals surface area contributed by atoms with Crippen LogP contribution in [0.25, 0.3) is 0 Å². The van der Waals surface area contributed by atoms with Crippen LogP contribution in [0.5, 0.6) is 0 Å². The third kappa shape index (κ3) is 2.67. The van der Waals surface area contributed by atoms with Crippen LogP contribution in [-0.4, -0.2) is 24.3 Å². The molecule has 1 atom stereocenters. The summed E-state index contributed by atoms with van der Waals surface area (Å²) in [5, 5.41) is 9.36. The van der Waals surface area contributed by atoms with Crippen LogP contribution < -0.4 is 0 Å². The summed E-state index contributed by atoms with van der Waals surface area (Å²) in [6, 6.07) is 7.76. The molecule has 1 aliphatic rings. The monoisotopic (exact) mass is 234 g/mol. The molecule has 1 aliphatic heterocycles. The van der Waals surface area contributed by atoms with E-state index in [0.29, 0.717) is 19.6 Å². The van der Waals surface area contributed by atoms with Crippen molar-refractivity contribution in [2.75, 3.05) is 13.2 Å². The van der Waals surface area contributed by atoms with E-state index in [0.717, 1.165) is 11.1 Å². The summed E-state index contributed by atoms with van der Waals surface area (Å²) in [5.74, 6) is -1.17. The highest BCUT2D eigenvalue weighted by atomic mass is 16.5. The first-order chi connectivity index (χ1) is 8.00. The Labute approximate surface area is 101 Å². The normalized spacial score (nSPS) is 19.4. The van der Waals surface area contributed by atoms with Crippen LogP contribution >= 0.6 is 0 Å². The highest BCUT2D eigenvalue weighted by Gasteiger charge is 2.38. The molecular formula is C14H18O3. The van der Waals surface area contributed by atoms with Gasteiger partial charge in [-0.15, -0.1) is 0 Å². The van der Waals surface area contributed by atoms with Crippen LogP contribution in [0.1, 0.15) is 30.4 Å². The highest BCUT2D eigenvalue weighted by molar-refractivity contribution is 5.76. The summed E-state index contributed by atoms with van der Waals surface area (Å²) >= 11 is 0. The van der Waals surface area contributed by atoms with Gasteiger partial charge in [0.1, 0.15) is 0 Å². The van der Waals surface area contributed by atoms with Crippen molar-refractivity contribution in [3.05, 3.63) is 35.4 Å². The Morgan fingerprint density at radius 2 is 2.24 bits per heavy atom. The molecule has 1 aromatic rings. The number of aryl methyl sites for hydroxylation is 1. The van der Waals surface area contributed by atoms with Crippen molar-refractivity contribution in [1.82, 2.24) is 0 Å².